The third kappa shape index (κ3) is 3.11. The minimum absolute atomic E-state index is 0.225. The minimum atomic E-state index is -0.279. The maximum atomic E-state index is 12.0. The van der Waals surface area contributed by atoms with Gasteiger partial charge in [0.25, 0.3) is 5.91 Å². The number of nitrogens with one attached hydrogen (secondary N) is 2. The standard InChI is InChI=1S/C13H16N4O2/c1-8-3-4-12(19-8)9(2)16-13(18)11-7-10(17-14)5-6-15-11/h3-7,9H,14H2,1-2H3,(H,15,17)(H,16,18). The lowest BCUT2D eigenvalue weighted by molar-refractivity contribution is 0.0930. The van der Waals surface area contributed by atoms with Crippen LogP contribution in [-0.2, 0) is 0 Å². The van der Waals surface area contributed by atoms with Gasteiger partial charge in [0.1, 0.15) is 17.2 Å². The number of pyridine rings is 1. The van der Waals surface area contributed by atoms with Crippen LogP contribution in [0.5, 0.6) is 0 Å². The third-order valence-corrected chi connectivity index (χ3v) is 2.69. The Morgan fingerprint density at radius 1 is 1.42 bits per heavy atom. The maximum absolute atomic E-state index is 12.0. The topological polar surface area (TPSA) is 93.2 Å². The molecule has 0 saturated heterocycles. The molecule has 0 aliphatic rings. The molecule has 0 aromatic carbocycles. The number of carbonyl (C=O) groups is 1. The number of furan rings is 1. The SMILES string of the molecule is Cc1ccc(C(C)NC(=O)c2cc(NN)ccn2)o1. The second kappa shape index (κ2) is 5.53. The van der Waals surface area contributed by atoms with Crippen LogP contribution in [0.2, 0.25) is 0 Å². The Morgan fingerprint density at radius 3 is 2.84 bits per heavy atom. The van der Waals surface area contributed by atoms with Crippen molar-refractivity contribution in [3.05, 3.63) is 47.7 Å². The summed E-state index contributed by atoms with van der Waals surface area (Å²) >= 11 is 0. The number of hydrogen-bond donors (Lipinski definition) is 3. The molecule has 0 aliphatic heterocycles. The van der Waals surface area contributed by atoms with Gasteiger partial charge in [-0.05, 0) is 38.1 Å². The molecular weight excluding hydrogens is 244 g/mol. The smallest absolute Gasteiger partial charge is 0.270 e. The molecule has 0 radical (unpaired) electrons. The summed E-state index contributed by atoms with van der Waals surface area (Å²) in [5, 5.41) is 2.81. The van der Waals surface area contributed by atoms with Crippen LogP contribution in [0.25, 0.3) is 0 Å². The molecule has 0 spiro atoms. The summed E-state index contributed by atoms with van der Waals surface area (Å²) in [4.78, 5) is 16.0. The van der Waals surface area contributed by atoms with Crippen molar-refractivity contribution in [2.45, 2.75) is 19.9 Å². The van der Waals surface area contributed by atoms with Crippen molar-refractivity contribution in [2.75, 3.05) is 5.43 Å². The van der Waals surface area contributed by atoms with Gasteiger partial charge in [-0.3, -0.25) is 15.6 Å². The zero-order chi connectivity index (χ0) is 13.8. The quantitative estimate of drug-likeness (QED) is 0.575. The van der Waals surface area contributed by atoms with Crippen molar-refractivity contribution < 1.29 is 9.21 Å². The first-order valence-corrected chi connectivity index (χ1v) is 5.90. The Bertz CT molecular complexity index is 580. The third-order valence-electron chi connectivity index (χ3n) is 2.69. The van der Waals surface area contributed by atoms with Gasteiger partial charge in [-0.25, -0.2) is 0 Å². The molecule has 2 heterocycles. The predicted octanol–water partition coefficient (Wildman–Crippen LogP) is 1.76. The van der Waals surface area contributed by atoms with E-state index in [0.717, 1.165) is 5.76 Å². The van der Waals surface area contributed by atoms with Crippen LogP contribution >= 0.6 is 0 Å². The van der Waals surface area contributed by atoms with Crippen LogP contribution in [0, 0.1) is 6.92 Å². The van der Waals surface area contributed by atoms with Gasteiger partial charge in [0, 0.05) is 6.20 Å². The van der Waals surface area contributed by atoms with E-state index in [1.807, 2.05) is 26.0 Å². The van der Waals surface area contributed by atoms with E-state index in [1.54, 1.807) is 12.1 Å². The summed E-state index contributed by atoms with van der Waals surface area (Å²) in [5.41, 5.74) is 3.40. The average molecular weight is 260 g/mol. The Labute approximate surface area is 111 Å². The Hall–Kier alpha value is -2.34. The molecule has 0 saturated carbocycles. The number of hydrogen-bond acceptors (Lipinski definition) is 5. The van der Waals surface area contributed by atoms with Gasteiger partial charge in [-0.15, -0.1) is 0 Å². The number of rotatable bonds is 4. The largest absolute Gasteiger partial charge is 0.464 e. The summed E-state index contributed by atoms with van der Waals surface area (Å²) in [6.07, 6.45) is 1.52. The molecule has 1 amide bonds. The van der Waals surface area contributed by atoms with Gasteiger partial charge in [0.2, 0.25) is 0 Å². The number of aryl methyl sites for hydroxylation is 1. The first-order valence-electron chi connectivity index (χ1n) is 5.90. The number of nitrogens with two attached hydrogens (primary N) is 1. The lowest BCUT2D eigenvalue weighted by Gasteiger charge is -2.11. The summed E-state index contributed by atoms with van der Waals surface area (Å²) in [7, 11) is 0. The predicted molar refractivity (Wildman–Crippen MR) is 71.4 cm³/mol. The van der Waals surface area contributed by atoms with Gasteiger partial charge in [-0.1, -0.05) is 0 Å². The molecule has 1 atom stereocenters. The van der Waals surface area contributed by atoms with Gasteiger partial charge >= 0.3 is 0 Å². The van der Waals surface area contributed by atoms with Crippen molar-refractivity contribution >= 4 is 11.6 Å². The maximum Gasteiger partial charge on any atom is 0.270 e. The van der Waals surface area contributed by atoms with Crippen LogP contribution in [0.3, 0.4) is 0 Å². The van der Waals surface area contributed by atoms with E-state index >= 15 is 0 Å². The normalized spacial score (nSPS) is 11.9. The van der Waals surface area contributed by atoms with Crippen molar-refractivity contribution in [1.29, 1.82) is 0 Å². The van der Waals surface area contributed by atoms with Crippen LogP contribution < -0.4 is 16.6 Å². The summed E-state index contributed by atoms with van der Waals surface area (Å²) < 4.78 is 5.46. The van der Waals surface area contributed by atoms with Crippen molar-refractivity contribution in [2.24, 2.45) is 5.84 Å². The molecule has 2 rings (SSSR count). The number of amides is 1. The van der Waals surface area contributed by atoms with E-state index in [4.69, 9.17) is 10.3 Å². The Balaban J connectivity index is 2.08. The molecule has 1 unspecified atom stereocenters. The molecule has 19 heavy (non-hydrogen) atoms. The van der Waals surface area contributed by atoms with Gasteiger partial charge in [0.15, 0.2) is 0 Å². The fourth-order valence-corrected chi connectivity index (χ4v) is 1.67. The number of nitrogen functional groups attached to an aromatic ring is 1. The summed E-state index contributed by atoms with van der Waals surface area (Å²) in [5.74, 6) is 6.53. The highest BCUT2D eigenvalue weighted by molar-refractivity contribution is 5.93. The van der Waals surface area contributed by atoms with E-state index in [2.05, 4.69) is 15.7 Å². The van der Waals surface area contributed by atoms with Crippen molar-refractivity contribution in [3.63, 3.8) is 0 Å². The second-order valence-electron chi connectivity index (χ2n) is 4.22. The summed E-state index contributed by atoms with van der Waals surface area (Å²) in [6.45, 7) is 3.71. The monoisotopic (exact) mass is 260 g/mol. The van der Waals surface area contributed by atoms with Gasteiger partial charge in [-0.2, -0.15) is 0 Å². The molecule has 0 aliphatic carbocycles. The number of nitrogens with zero attached hydrogens (tertiary/aromatic N) is 1. The zero-order valence-corrected chi connectivity index (χ0v) is 10.8. The number of hydrazine groups is 1. The van der Waals surface area contributed by atoms with E-state index in [-0.39, 0.29) is 11.9 Å². The second-order valence-corrected chi connectivity index (χ2v) is 4.22. The molecule has 2 aromatic heterocycles. The van der Waals surface area contributed by atoms with Crippen molar-refractivity contribution in [1.82, 2.24) is 10.3 Å². The molecule has 6 nitrogen and oxygen atoms in total. The van der Waals surface area contributed by atoms with Crippen LogP contribution in [-0.4, -0.2) is 10.9 Å². The minimum Gasteiger partial charge on any atom is -0.464 e. The number of aromatic nitrogens is 1. The molecular formula is C13H16N4O2. The molecule has 0 fully saturated rings. The van der Waals surface area contributed by atoms with Crippen LogP contribution in [0.4, 0.5) is 5.69 Å². The Kier molecular flexibility index (Phi) is 3.82. The summed E-state index contributed by atoms with van der Waals surface area (Å²) in [6, 6.07) is 6.73. The van der Waals surface area contributed by atoms with Crippen molar-refractivity contribution in [3.8, 4) is 0 Å². The first kappa shape index (κ1) is 13.1. The fourth-order valence-electron chi connectivity index (χ4n) is 1.67. The Morgan fingerprint density at radius 2 is 2.21 bits per heavy atom. The highest BCUT2D eigenvalue weighted by atomic mass is 16.3. The lowest BCUT2D eigenvalue weighted by atomic mass is 10.2. The highest BCUT2D eigenvalue weighted by Gasteiger charge is 2.15. The van der Waals surface area contributed by atoms with E-state index in [1.165, 1.54) is 6.20 Å². The number of anilines is 1. The molecule has 2 aromatic rings. The number of carbonyl (C=O) groups excluding carboxylic acids is 1. The lowest BCUT2D eigenvalue weighted by Crippen LogP contribution is -2.27. The van der Waals surface area contributed by atoms with Crippen LogP contribution in [0.15, 0.2) is 34.9 Å². The zero-order valence-electron chi connectivity index (χ0n) is 10.8. The van der Waals surface area contributed by atoms with Gasteiger partial charge in [0.05, 0.1) is 11.7 Å². The fraction of sp³-hybridized carbons (Fsp3) is 0.231. The molecule has 4 N–H and O–H groups in total. The molecule has 0 bridgehead atoms. The highest BCUT2D eigenvalue weighted by Crippen LogP contribution is 2.16. The van der Waals surface area contributed by atoms with E-state index < -0.39 is 0 Å². The molecule has 100 valence electrons. The van der Waals surface area contributed by atoms with Gasteiger partial charge < -0.3 is 15.2 Å². The average Bonchev–Trinajstić information content (AvgIpc) is 2.85. The first-order chi connectivity index (χ1) is 9.10. The van der Waals surface area contributed by atoms with E-state index in [9.17, 15) is 4.79 Å². The molecule has 6 heteroatoms. The van der Waals surface area contributed by atoms with Crippen LogP contribution in [0.1, 0.15) is 35.0 Å². The van der Waals surface area contributed by atoms with E-state index in [0.29, 0.717) is 17.1 Å².